The van der Waals surface area contributed by atoms with Crippen molar-refractivity contribution in [2.24, 2.45) is 0 Å². The van der Waals surface area contributed by atoms with Crippen LogP contribution in [0, 0.1) is 0 Å². The highest BCUT2D eigenvalue weighted by atomic mass is 16.5. The first-order valence-electron chi connectivity index (χ1n) is 10.9. The minimum atomic E-state index is 0.000554. The van der Waals surface area contributed by atoms with E-state index in [0.29, 0.717) is 19.6 Å². The number of rotatable bonds is 8. The molecule has 1 unspecified atom stereocenters. The molecule has 1 atom stereocenters. The number of aromatic nitrogens is 1. The van der Waals surface area contributed by atoms with Crippen molar-refractivity contribution in [1.82, 2.24) is 15.2 Å². The van der Waals surface area contributed by atoms with Gasteiger partial charge in [0.05, 0.1) is 24.7 Å². The summed E-state index contributed by atoms with van der Waals surface area (Å²) in [6.45, 7) is 4.06. The maximum atomic E-state index is 12.1. The van der Waals surface area contributed by atoms with Gasteiger partial charge in [0.2, 0.25) is 5.91 Å². The van der Waals surface area contributed by atoms with Crippen molar-refractivity contribution in [1.29, 1.82) is 0 Å². The lowest BCUT2D eigenvalue weighted by Crippen LogP contribution is -2.44. The minimum absolute atomic E-state index is 0.000554. The van der Waals surface area contributed by atoms with Crippen LogP contribution >= 0.6 is 0 Å². The van der Waals surface area contributed by atoms with Gasteiger partial charge in [0.1, 0.15) is 5.75 Å². The minimum Gasteiger partial charge on any atom is -0.493 e. The van der Waals surface area contributed by atoms with E-state index in [1.165, 1.54) is 5.56 Å². The highest BCUT2D eigenvalue weighted by Crippen LogP contribution is 2.39. The molecule has 1 aromatic carbocycles. The fourth-order valence-electron chi connectivity index (χ4n) is 4.37. The number of pyridine rings is 1. The van der Waals surface area contributed by atoms with Crippen LogP contribution in [0.5, 0.6) is 5.75 Å². The number of nitrogens with zero attached hydrogens (tertiary/aromatic N) is 2. The lowest BCUT2D eigenvalue weighted by molar-refractivity contribution is -0.123. The first-order valence-corrected chi connectivity index (χ1v) is 10.9. The lowest BCUT2D eigenvalue weighted by Gasteiger charge is -2.39. The third kappa shape index (κ3) is 5.80. The average molecular weight is 410 g/mol. The Morgan fingerprint density at radius 1 is 1.13 bits per heavy atom. The zero-order valence-corrected chi connectivity index (χ0v) is 17.5. The standard InChI is InChI=1S/C24H31N3O3/c28-23(9-17-29-21-4-2-1-3-5-21)26-18-22-6-10-24(30-22)11-15-27(16-12-24)19-20-7-13-25-14-8-20/h1-5,7-8,13-14,22H,6,9-12,15-19H2,(H,26,28). The second-order valence-electron chi connectivity index (χ2n) is 8.31. The maximum absolute atomic E-state index is 12.1. The molecule has 4 rings (SSSR count). The molecule has 2 aliphatic rings. The number of piperidine rings is 1. The van der Waals surface area contributed by atoms with Crippen LogP contribution in [0.3, 0.4) is 0 Å². The van der Waals surface area contributed by atoms with E-state index < -0.39 is 0 Å². The summed E-state index contributed by atoms with van der Waals surface area (Å²) in [5.41, 5.74) is 1.31. The molecule has 2 fully saturated rings. The molecule has 0 saturated carbocycles. The van der Waals surface area contributed by atoms with E-state index in [2.05, 4.69) is 27.3 Å². The SMILES string of the molecule is O=C(CCOc1ccccc1)NCC1CCC2(CCN(Cc3ccncc3)CC2)O1. The Bertz CT molecular complexity index is 792. The summed E-state index contributed by atoms with van der Waals surface area (Å²) in [6.07, 6.45) is 8.42. The quantitative estimate of drug-likeness (QED) is 0.726. The smallest absolute Gasteiger partial charge is 0.223 e. The zero-order chi connectivity index (χ0) is 20.7. The van der Waals surface area contributed by atoms with E-state index in [4.69, 9.17) is 9.47 Å². The molecule has 160 valence electrons. The molecular weight excluding hydrogens is 378 g/mol. The summed E-state index contributed by atoms with van der Waals surface area (Å²) >= 11 is 0. The number of para-hydroxylation sites is 1. The fourth-order valence-corrected chi connectivity index (χ4v) is 4.37. The van der Waals surface area contributed by atoms with Crippen LogP contribution in [0.2, 0.25) is 0 Å². The third-order valence-corrected chi connectivity index (χ3v) is 6.13. The molecule has 1 spiro atoms. The van der Waals surface area contributed by atoms with Crippen molar-refractivity contribution < 1.29 is 14.3 Å². The van der Waals surface area contributed by atoms with E-state index >= 15 is 0 Å². The van der Waals surface area contributed by atoms with Gasteiger partial charge in [-0.2, -0.15) is 0 Å². The van der Waals surface area contributed by atoms with Crippen molar-refractivity contribution in [2.75, 3.05) is 26.2 Å². The maximum Gasteiger partial charge on any atom is 0.223 e. The van der Waals surface area contributed by atoms with Crippen LogP contribution in [-0.4, -0.2) is 53.7 Å². The van der Waals surface area contributed by atoms with Crippen LogP contribution in [0.15, 0.2) is 54.9 Å². The van der Waals surface area contributed by atoms with Gasteiger partial charge in [-0.25, -0.2) is 0 Å². The van der Waals surface area contributed by atoms with Gasteiger partial charge in [-0.1, -0.05) is 18.2 Å². The molecule has 0 bridgehead atoms. The normalized spacial score (nSPS) is 20.9. The Balaban J connectivity index is 1.13. The molecular formula is C24H31N3O3. The summed E-state index contributed by atoms with van der Waals surface area (Å²) in [7, 11) is 0. The Labute approximate surface area is 178 Å². The molecule has 2 aliphatic heterocycles. The fraction of sp³-hybridized carbons (Fsp3) is 0.500. The summed E-state index contributed by atoms with van der Waals surface area (Å²) in [5, 5.41) is 3.01. The van der Waals surface area contributed by atoms with E-state index in [0.717, 1.165) is 51.1 Å². The van der Waals surface area contributed by atoms with Crippen molar-refractivity contribution in [3.05, 3.63) is 60.4 Å². The van der Waals surface area contributed by atoms with Gasteiger partial charge in [-0.05, 0) is 55.5 Å². The van der Waals surface area contributed by atoms with Crippen LogP contribution in [-0.2, 0) is 16.1 Å². The molecule has 0 aliphatic carbocycles. The Morgan fingerprint density at radius 3 is 2.67 bits per heavy atom. The Hall–Kier alpha value is -2.44. The third-order valence-electron chi connectivity index (χ3n) is 6.13. The molecule has 30 heavy (non-hydrogen) atoms. The van der Waals surface area contributed by atoms with Crippen molar-refractivity contribution >= 4 is 5.91 Å². The first-order chi connectivity index (χ1) is 14.7. The number of hydrogen-bond donors (Lipinski definition) is 1. The first kappa shape index (κ1) is 20.8. The summed E-state index contributed by atoms with van der Waals surface area (Å²) in [5.74, 6) is 0.810. The number of carbonyl (C=O) groups excluding carboxylic acids is 1. The van der Waals surface area contributed by atoms with Gasteiger partial charge < -0.3 is 14.8 Å². The van der Waals surface area contributed by atoms with Crippen molar-refractivity contribution in [3.63, 3.8) is 0 Å². The Morgan fingerprint density at radius 2 is 1.90 bits per heavy atom. The average Bonchev–Trinajstić information content (AvgIpc) is 3.18. The number of nitrogens with one attached hydrogen (secondary N) is 1. The van der Waals surface area contributed by atoms with Crippen LogP contribution in [0.25, 0.3) is 0 Å². The number of amides is 1. The zero-order valence-electron chi connectivity index (χ0n) is 17.5. The van der Waals surface area contributed by atoms with Crippen LogP contribution in [0.4, 0.5) is 0 Å². The summed E-state index contributed by atoms with van der Waals surface area (Å²) < 4.78 is 12.0. The van der Waals surface area contributed by atoms with Crippen LogP contribution in [0.1, 0.15) is 37.7 Å². The monoisotopic (exact) mass is 409 g/mol. The van der Waals surface area contributed by atoms with E-state index in [1.807, 2.05) is 42.7 Å². The van der Waals surface area contributed by atoms with Crippen molar-refractivity contribution in [2.45, 2.75) is 50.4 Å². The van der Waals surface area contributed by atoms with Gasteiger partial charge in [-0.15, -0.1) is 0 Å². The number of likely N-dealkylation sites (tertiary alicyclic amines) is 1. The second-order valence-corrected chi connectivity index (χ2v) is 8.31. The number of benzene rings is 1. The second kappa shape index (κ2) is 10.0. The van der Waals surface area contributed by atoms with E-state index in [1.54, 1.807) is 0 Å². The summed E-state index contributed by atoms with van der Waals surface area (Å²) in [4.78, 5) is 18.7. The molecule has 6 nitrogen and oxygen atoms in total. The van der Waals surface area contributed by atoms with Crippen LogP contribution < -0.4 is 10.1 Å². The predicted molar refractivity (Wildman–Crippen MR) is 115 cm³/mol. The van der Waals surface area contributed by atoms with Gasteiger partial charge in [0.25, 0.3) is 0 Å². The van der Waals surface area contributed by atoms with Gasteiger partial charge in [0, 0.05) is 38.6 Å². The molecule has 1 aromatic heterocycles. The van der Waals surface area contributed by atoms with Gasteiger partial charge in [0.15, 0.2) is 0 Å². The topological polar surface area (TPSA) is 63.7 Å². The highest BCUT2D eigenvalue weighted by molar-refractivity contribution is 5.76. The molecule has 1 amide bonds. The predicted octanol–water partition coefficient (Wildman–Crippen LogP) is 3.18. The number of ether oxygens (including phenoxy) is 2. The number of carbonyl (C=O) groups is 1. The largest absolute Gasteiger partial charge is 0.493 e. The van der Waals surface area contributed by atoms with E-state index in [-0.39, 0.29) is 17.6 Å². The van der Waals surface area contributed by atoms with Gasteiger partial charge in [-0.3, -0.25) is 14.7 Å². The molecule has 0 radical (unpaired) electrons. The highest BCUT2D eigenvalue weighted by Gasteiger charge is 2.42. The lowest BCUT2D eigenvalue weighted by atomic mass is 9.88. The Kier molecular flexibility index (Phi) is 6.97. The molecule has 2 saturated heterocycles. The van der Waals surface area contributed by atoms with E-state index in [9.17, 15) is 4.79 Å². The van der Waals surface area contributed by atoms with Crippen molar-refractivity contribution in [3.8, 4) is 5.75 Å². The van der Waals surface area contributed by atoms with Gasteiger partial charge >= 0.3 is 0 Å². The molecule has 6 heteroatoms. The summed E-state index contributed by atoms with van der Waals surface area (Å²) in [6, 6.07) is 13.7. The molecule has 1 N–H and O–H groups in total. The molecule has 2 aromatic rings. The number of hydrogen-bond acceptors (Lipinski definition) is 5. The molecule has 3 heterocycles.